The van der Waals surface area contributed by atoms with E-state index in [0.717, 1.165) is 6.42 Å². The standard InChI is InChI=1S/C9H20N2O2/c1-7(2)5-8(10-3)6-13-9(12)11-4/h7-8,10H,5-6H2,1-4H3,(H,11,12). The minimum absolute atomic E-state index is 0.247. The lowest BCUT2D eigenvalue weighted by Gasteiger charge is -2.17. The van der Waals surface area contributed by atoms with Crippen LogP contribution in [-0.4, -0.2) is 32.8 Å². The van der Waals surface area contributed by atoms with E-state index in [1.165, 1.54) is 0 Å². The van der Waals surface area contributed by atoms with Crippen LogP contribution in [0.5, 0.6) is 0 Å². The summed E-state index contributed by atoms with van der Waals surface area (Å²) in [6, 6.07) is 0.247. The van der Waals surface area contributed by atoms with Crippen molar-refractivity contribution in [3.8, 4) is 0 Å². The monoisotopic (exact) mass is 188 g/mol. The number of amides is 1. The van der Waals surface area contributed by atoms with Crippen LogP contribution in [-0.2, 0) is 4.74 Å². The van der Waals surface area contributed by atoms with Crippen molar-refractivity contribution in [3.63, 3.8) is 0 Å². The first-order valence-corrected chi connectivity index (χ1v) is 4.62. The highest BCUT2D eigenvalue weighted by molar-refractivity contribution is 5.66. The van der Waals surface area contributed by atoms with Crippen LogP contribution in [0.2, 0.25) is 0 Å². The number of nitrogens with one attached hydrogen (secondary N) is 2. The molecule has 1 atom stereocenters. The summed E-state index contributed by atoms with van der Waals surface area (Å²) in [6.07, 6.45) is 0.636. The molecule has 0 aromatic carbocycles. The summed E-state index contributed by atoms with van der Waals surface area (Å²) >= 11 is 0. The Labute approximate surface area is 80.0 Å². The van der Waals surface area contributed by atoms with Crippen LogP contribution in [0.15, 0.2) is 0 Å². The van der Waals surface area contributed by atoms with Crippen molar-refractivity contribution in [1.82, 2.24) is 10.6 Å². The van der Waals surface area contributed by atoms with Crippen LogP contribution in [0.25, 0.3) is 0 Å². The second-order valence-corrected chi connectivity index (χ2v) is 3.46. The second kappa shape index (κ2) is 6.71. The molecule has 4 heteroatoms. The molecular weight excluding hydrogens is 168 g/mol. The van der Waals surface area contributed by atoms with E-state index in [0.29, 0.717) is 12.5 Å². The number of hydrogen-bond donors (Lipinski definition) is 2. The van der Waals surface area contributed by atoms with E-state index in [9.17, 15) is 4.79 Å². The van der Waals surface area contributed by atoms with Crippen LogP contribution in [0.1, 0.15) is 20.3 Å². The maximum Gasteiger partial charge on any atom is 0.406 e. The van der Waals surface area contributed by atoms with Gasteiger partial charge in [0, 0.05) is 13.1 Å². The minimum Gasteiger partial charge on any atom is -0.448 e. The lowest BCUT2D eigenvalue weighted by molar-refractivity contribution is 0.133. The number of rotatable bonds is 5. The van der Waals surface area contributed by atoms with E-state index in [-0.39, 0.29) is 12.1 Å². The molecule has 1 amide bonds. The maximum absolute atomic E-state index is 10.8. The van der Waals surface area contributed by atoms with E-state index >= 15 is 0 Å². The fraction of sp³-hybridized carbons (Fsp3) is 0.889. The predicted octanol–water partition coefficient (Wildman–Crippen LogP) is 0.976. The lowest BCUT2D eigenvalue weighted by Crippen LogP contribution is -2.34. The molecule has 0 aliphatic heterocycles. The van der Waals surface area contributed by atoms with Crippen molar-refractivity contribution >= 4 is 6.09 Å². The molecule has 0 saturated carbocycles. The highest BCUT2D eigenvalue weighted by Crippen LogP contribution is 2.04. The molecule has 0 rings (SSSR count). The summed E-state index contributed by atoms with van der Waals surface area (Å²) in [5.74, 6) is 0.603. The molecule has 0 spiro atoms. The van der Waals surface area contributed by atoms with Crippen LogP contribution >= 0.6 is 0 Å². The Morgan fingerprint density at radius 1 is 1.38 bits per heavy atom. The predicted molar refractivity (Wildman–Crippen MR) is 52.7 cm³/mol. The zero-order chi connectivity index (χ0) is 10.3. The molecule has 0 aromatic heterocycles. The summed E-state index contributed by atoms with van der Waals surface area (Å²) in [4.78, 5) is 10.8. The van der Waals surface area contributed by atoms with Gasteiger partial charge in [-0.15, -0.1) is 0 Å². The van der Waals surface area contributed by atoms with Gasteiger partial charge in [0.1, 0.15) is 6.61 Å². The topological polar surface area (TPSA) is 50.4 Å². The van der Waals surface area contributed by atoms with Crippen molar-refractivity contribution in [2.75, 3.05) is 20.7 Å². The maximum atomic E-state index is 10.8. The fourth-order valence-electron chi connectivity index (χ4n) is 1.09. The molecule has 0 aliphatic carbocycles. The van der Waals surface area contributed by atoms with E-state index in [1.807, 2.05) is 7.05 Å². The molecule has 0 radical (unpaired) electrons. The van der Waals surface area contributed by atoms with Crippen molar-refractivity contribution < 1.29 is 9.53 Å². The van der Waals surface area contributed by atoms with Crippen molar-refractivity contribution in [1.29, 1.82) is 0 Å². The molecule has 2 N–H and O–H groups in total. The number of ether oxygens (including phenoxy) is 1. The SMILES string of the molecule is CNC(=O)OCC(CC(C)C)NC. The Hall–Kier alpha value is -0.770. The number of carbonyl (C=O) groups is 1. The van der Waals surface area contributed by atoms with Crippen molar-refractivity contribution in [2.45, 2.75) is 26.3 Å². The molecule has 13 heavy (non-hydrogen) atoms. The van der Waals surface area contributed by atoms with Gasteiger partial charge in [-0.1, -0.05) is 13.8 Å². The van der Waals surface area contributed by atoms with Crippen LogP contribution < -0.4 is 10.6 Å². The summed E-state index contributed by atoms with van der Waals surface area (Å²) in [5, 5.41) is 5.52. The van der Waals surface area contributed by atoms with Crippen LogP contribution in [0, 0.1) is 5.92 Å². The zero-order valence-corrected chi connectivity index (χ0v) is 8.89. The average Bonchev–Trinajstić information content (AvgIpc) is 2.10. The molecular formula is C9H20N2O2. The highest BCUT2D eigenvalue weighted by atomic mass is 16.5. The minimum atomic E-state index is -0.371. The summed E-state index contributed by atoms with van der Waals surface area (Å²) < 4.78 is 4.93. The van der Waals surface area contributed by atoms with Crippen LogP contribution in [0.3, 0.4) is 0 Å². The van der Waals surface area contributed by atoms with Gasteiger partial charge in [0.25, 0.3) is 0 Å². The van der Waals surface area contributed by atoms with Gasteiger partial charge in [0.15, 0.2) is 0 Å². The van der Waals surface area contributed by atoms with Crippen LogP contribution in [0.4, 0.5) is 4.79 Å². The zero-order valence-electron chi connectivity index (χ0n) is 8.89. The second-order valence-electron chi connectivity index (χ2n) is 3.46. The van der Waals surface area contributed by atoms with Gasteiger partial charge < -0.3 is 15.4 Å². The molecule has 0 aliphatic rings. The first kappa shape index (κ1) is 12.2. The molecule has 1 unspecified atom stereocenters. The van der Waals surface area contributed by atoms with Gasteiger partial charge in [-0.05, 0) is 19.4 Å². The summed E-state index contributed by atoms with van der Waals surface area (Å²) in [5.41, 5.74) is 0. The molecule has 0 bridgehead atoms. The van der Waals surface area contributed by atoms with Gasteiger partial charge >= 0.3 is 6.09 Å². The van der Waals surface area contributed by atoms with E-state index in [1.54, 1.807) is 7.05 Å². The Kier molecular flexibility index (Phi) is 6.32. The van der Waals surface area contributed by atoms with Crippen molar-refractivity contribution in [3.05, 3.63) is 0 Å². The molecule has 0 heterocycles. The quantitative estimate of drug-likeness (QED) is 0.676. The molecule has 78 valence electrons. The fourth-order valence-corrected chi connectivity index (χ4v) is 1.09. The summed E-state index contributed by atoms with van der Waals surface area (Å²) in [7, 11) is 3.43. The third-order valence-electron chi connectivity index (χ3n) is 1.78. The Bertz CT molecular complexity index is 149. The Balaban J connectivity index is 3.65. The lowest BCUT2D eigenvalue weighted by atomic mass is 10.0. The van der Waals surface area contributed by atoms with Gasteiger partial charge in [-0.25, -0.2) is 4.79 Å². The van der Waals surface area contributed by atoms with Gasteiger partial charge in [-0.3, -0.25) is 0 Å². The van der Waals surface area contributed by atoms with Gasteiger partial charge in [0.2, 0.25) is 0 Å². The van der Waals surface area contributed by atoms with E-state index in [2.05, 4.69) is 24.5 Å². The molecule has 0 aromatic rings. The number of likely N-dealkylation sites (N-methyl/N-ethyl adjacent to an activating group) is 1. The summed E-state index contributed by atoms with van der Waals surface area (Å²) in [6.45, 7) is 4.71. The third-order valence-corrected chi connectivity index (χ3v) is 1.78. The van der Waals surface area contributed by atoms with Crippen molar-refractivity contribution in [2.24, 2.45) is 5.92 Å². The first-order chi connectivity index (χ1) is 6.10. The first-order valence-electron chi connectivity index (χ1n) is 4.62. The Morgan fingerprint density at radius 3 is 2.38 bits per heavy atom. The Morgan fingerprint density at radius 2 is 2.00 bits per heavy atom. The average molecular weight is 188 g/mol. The number of alkyl carbamates (subject to hydrolysis) is 1. The van der Waals surface area contributed by atoms with Gasteiger partial charge in [0.05, 0.1) is 0 Å². The largest absolute Gasteiger partial charge is 0.448 e. The smallest absolute Gasteiger partial charge is 0.406 e. The molecule has 4 nitrogen and oxygen atoms in total. The van der Waals surface area contributed by atoms with E-state index in [4.69, 9.17) is 4.74 Å². The number of hydrogen-bond acceptors (Lipinski definition) is 3. The number of carbonyl (C=O) groups excluding carboxylic acids is 1. The van der Waals surface area contributed by atoms with Gasteiger partial charge in [-0.2, -0.15) is 0 Å². The highest BCUT2D eigenvalue weighted by Gasteiger charge is 2.10. The van der Waals surface area contributed by atoms with E-state index < -0.39 is 0 Å². The molecule has 0 fully saturated rings. The third kappa shape index (κ3) is 6.40. The molecule has 0 saturated heterocycles. The normalized spacial score (nSPS) is 12.7.